The molecule has 0 atom stereocenters. The molecule has 0 spiro atoms. The van der Waals surface area contributed by atoms with E-state index in [1.54, 1.807) is 0 Å². The van der Waals surface area contributed by atoms with Crippen LogP contribution in [0.3, 0.4) is 0 Å². The van der Waals surface area contributed by atoms with Crippen LogP contribution in [0.1, 0.15) is 5.56 Å². The summed E-state index contributed by atoms with van der Waals surface area (Å²) in [6.07, 6.45) is 0. The van der Waals surface area contributed by atoms with Gasteiger partial charge in [0.15, 0.2) is 0 Å². The van der Waals surface area contributed by atoms with Gasteiger partial charge in [-0.1, -0.05) is 39.7 Å². The fourth-order valence-electron chi connectivity index (χ4n) is 1.47. The van der Waals surface area contributed by atoms with Crippen molar-refractivity contribution < 1.29 is 0 Å². The van der Waals surface area contributed by atoms with Gasteiger partial charge in [0.05, 0.1) is 0 Å². The zero-order valence-electron chi connectivity index (χ0n) is 8.88. The van der Waals surface area contributed by atoms with Gasteiger partial charge in [0, 0.05) is 26.2 Å². The molecule has 0 saturated heterocycles. The van der Waals surface area contributed by atoms with Gasteiger partial charge in [-0.15, -0.1) is 0 Å². The molecule has 2 rings (SSSR count). The van der Waals surface area contributed by atoms with Crippen molar-refractivity contribution in [3.8, 4) is 0 Å². The second-order valence-electron chi connectivity index (χ2n) is 3.57. The van der Waals surface area contributed by atoms with E-state index in [2.05, 4.69) is 37.2 Å². The van der Waals surface area contributed by atoms with E-state index >= 15 is 0 Å². The summed E-state index contributed by atoms with van der Waals surface area (Å²) >= 11 is 13.0. The number of benzene rings is 2. The standard InChI is InChI=1S/C13H10Br2ClN/c14-11-6-5-10(16)7-9(11)8-17-13-4-2-1-3-12(13)15/h1-7,17H,8H2. The highest BCUT2D eigenvalue weighted by Crippen LogP contribution is 2.25. The molecule has 0 aliphatic carbocycles. The highest BCUT2D eigenvalue weighted by molar-refractivity contribution is 9.10. The lowest BCUT2D eigenvalue weighted by molar-refractivity contribution is 1.13. The zero-order chi connectivity index (χ0) is 12.3. The van der Waals surface area contributed by atoms with Crippen LogP contribution in [0.5, 0.6) is 0 Å². The first kappa shape index (κ1) is 12.9. The van der Waals surface area contributed by atoms with E-state index in [4.69, 9.17) is 11.6 Å². The maximum absolute atomic E-state index is 5.97. The summed E-state index contributed by atoms with van der Waals surface area (Å²) in [5.74, 6) is 0. The maximum atomic E-state index is 5.97. The molecule has 0 unspecified atom stereocenters. The minimum atomic E-state index is 0.726. The normalized spacial score (nSPS) is 10.3. The lowest BCUT2D eigenvalue weighted by Crippen LogP contribution is -2.00. The maximum Gasteiger partial charge on any atom is 0.0487 e. The van der Waals surface area contributed by atoms with Crippen LogP contribution in [-0.4, -0.2) is 0 Å². The van der Waals surface area contributed by atoms with Crippen molar-refractivity contribution >= 4 is 49.1 Å². The van der Waals surface area contributed by atoms with E-state index in [-0.39, 0.29) is 0 Å². The van der Waals surface area contributed by atoms with E-state index in [1.165, 1.54) is 0 Å². The first-order valence-electron chi connectivity index (χ1n) is 5.09. The minimum Gasteiger partial charge on any atom is -0.380 e. The van der Waals surface area contributed by atoms with Crippen LogP contribution in [0.15, 0.2) is 51.4 Å². The molecule has 0 aliphatic rings. The van der Waals surface area contributed by atoms with E-state index in [9.17, 15) is 0 Å². The van der Waals surface area contributed by atoms with Gasteiger partial charge in [-0.25, -0.2) is 0 Å². The summed E-state index contributed by atoms with van der Waals surface area (Å²) in [7, 11) is 0. The van der Waals surface area contributed by atoms with Gasteiger partial charge < -0.3 is 5.32 Å². The van der Waals surface area contributed by atoms with Crippen molar-refractivity contribution in [1.82, 2.24) is 0 Å². The Balaban J connectivity index is 2.12. The molecule has 2 aromatic carbocycles. The molecule has 0 heterocycles. The van der Waals surface area contributed by atoms with Crippen LogP contribution >= 0.6 is 43.5 Å². The smallest absolute Gasteiger partial charge is 0.0487 e. The number of halogens is 3. The Kier molecular flexibility index (Phi) is 4.48. The van der Waals surface area contributed by atoms with Gasteiger partial charge in [0.1, 0.15) is 0 Å². The Morgan fingerprint density at radius 3 is 2.53 bits per heavy atom. The summed E-state index contributed by atoms with van der Waals surface area (Å²) < 4.78 is 2.11. The van der Waals surface area contributed by atoms with Crippen molar-refractivity contribution in [1.29, 1.82) is 0 Å². The lowest BCUT2D eigenvalue weighted by Gasteiger charge is -2.10. The van der Waals surface area contributed by atoms with E-state index < -0.39 is 0 Å². The molecule has 0 amide bonds. The molecule has 0 aliphatic heterocycles. The average Bonchev–Trinajstić information content (AvgIpc) is 2.32. The number of hydrogen-bond donors (Lipinski definition) is 1. The first-order valence-corrected chi connectivity index (χ1v) is 7.05. The average molecular weight is 375 g/mol. The topological polar surface area (TPSA) is 12.0 Å². The second kappa shape index (κ2) is 5.89. The predicted molar refractivity (Wildman–Crippen MR) is 80.6 cm³/mol. The zero-order valence-corrected chi connectivity index (χ0v) is 12.8. The highest BCUT2D eigenvalue weighted by atomic mass is 79.9. The van der Waals surface area contributed by atoms with Crippen LogP contribution in [-0.2, 0) is 6.54 Å². The van der Waals surface area contributed by atoms with Crippen molar-refractivity contribution in [3.63, 3.8) is 0 Å². The summed E-state index contributed by atoms with van der Waals surface area (Å²) in [4.78, 5) is 0. The Bertz CT molecular complexity index is 529. The van der Waals surface area contributed by atoms with Crippen LogP contribution in [0, 0.1) is 0 Å². The van der Waals surface area contributed by atoms with E-state index in [0.29, 0.717) is 0 Å². The first-order chi connectivity index (χ1) is 8.16. The van der Waals surface area contributed by atoms with Gasteiger partial charge in [0.25, 0.3) is 0 Å². The molecular formula is C13H10Br2ClN. The number of hydrogen-bond acceptors (Lipinski definition) is 1. The summed E-state index contributed by atoms with van der Waals surface area (Å²) in [6, 6.07) is 13.8. The monoisotopic (exact) mass is 373 g/mol. The molecule has 1 N–H and O–H groups in total. The fraction of sp³-hybridized carbons (Fsp3) is 0.0769. The molecule has 1 nitrogen and oxygen atoms in total. The van der Waals surface area contributed by atoms with Gasteiger partial charge >= 0.3 is 0 Å². The molecule has 0 aromatic heterocycles. The van der Waals surface area contributed by atoms with Crippen LogP contribution in [0.2, 0.25) is 5.02 Å². The highest BCUT2D eigenvalue weighted by Gasteiger charge is 2.02. The van der Waals surface area contributed by atoms with Crippen LogP contribution < -0.4 is 5.32 Å². The van der Waals surface area contributed by atoms with Crippen molar-refractivity contribution in [2.24, 2.45) is 0 Å². The van der Waals surface area contributed by atoms with Crippen molar-refractivity contribution in [2.75, 3.05) is 5.32 Å². The number of nitrogens with one attached hydrogen (secondary N) is 1. The molecule has 2 aromatic rings. The largest absolute Gasteiger partial charge is 0.380 e. The molecule has 17 heavy (non-hydrogen) atoms. The third kappa shape index (κ3) is 3.47. The molecule has 4 heteroatoms. The van der Waals surface area contributed by atoms with Crippen molar-refractivity contribution in [3.05, 3.63) is 62.0 Å². The van der Waals surface area contributed by atoms with Gasteiger partial charge in [0.2, 0.25) is 0 Å². The molecule has 0 fully saturated rings. The lowest BCUT2D eigenvalue weighted by atomic mass is 10.2. The summed E-state index contributed by atoms with van der Waals surface area (Å²) in [6.45, 7) is 0.726. The SMILES string of the molecule is Clc1ccc(Br)c(CNc2ccccc2Br)c1. The third-order valence-corrected chi connectivity index (χ3v) is 4.05. The number of para-hydroxylation sites is 1. The van der Waals surface area contributed by atoms with E-state index in [0.717, 1.165) is 31.8 Å². The fourth-order valence-corrected chi connectivity index (χ4v) is 2.48. The van der Waals surface area contributed by atoms with Crippen LogP contribution in [0.25, 0.3) is 0 Å². The Morgan fingerprint density at radius 2 is 1.76 bits per heavy atom. The molecule has 88 valence electrons. The Labute approximate surface area is 122 Å². The molecule has 0 radical (unpaired) electrons. The Hall–Kier alpha value is -0.510. The number of anilines is 1. The van der Waals surface area contributed by atoms with Crippen molar-refractivity contribution in [2.45, 2.75) is 6.54 Å². The van der Waals surface area contributed by atoms with Crippen LogP contribution in [0.4, 0.5) is 5.69 Å². The summed E-state index contributed by atoms with van der Waals surface area (Å²) in [5, 5.41) is 4.11. The number of rotatable bonds is 3. The van der Waals surface area contributed by atoms with Gasteiger partial charge in [-0.3, -0.25) is 0 Å². The van der Waals surface area contributed by atoms with Gasteiger partial charge in [-0.05, 0) is 51.8 Å². The Morgan fingerprint density at radius 1 is 1.00 bits per heavy atom. The molecular weight excluding hydrogens is 365 g/mol. The van der Waals surface area contributed by atoms with Gasteiger partial charge in [-0.2, -0.15) is 0 Å². The molecule has 0 saturated carbocycles. The third-order valence-electron chi connectivity index (χ3n) is 2.35. The predicted octanol–water partition coefficient (Wildman–Crippen LogP) is 5.48. The quantitative estimate of drug-likeness (QED) is 0.749. The van der Waals surface area contributed by atoms with E-state index in [1.807, 2.05) is 42.5 Å². The summed E-state index contributed by atoms with van der Waals surface area (Å²) in [5.41, 5.74) is 2.20. The molecule has 0 bridgehead atoms. The second-order valence-corrected chi connectivity index (χ2v) is 5.71. The minimum absolute atomic E-state index is 0.726.